The van der Waals surface area contributed by atoms with Crippen LogP contribution in [-0.2, 0) is 4.79 Å². The van der Waals surface area contributed by atoms with Crippen molar-refractivity contribution in [1.82, 2.24) is 5.32 Å². The van der Waals surface area contributed by atoms with Crippen LogP contribution in [-0.4, -0.2) is 24.8 Å². The van der Waals surface area contributed by atoms with Gasteiger partial charge in [0.15, 0.2) is 0 Å². The van der Waals surface area contributed by atoms with Gasteiger partial charge in [-0.2, -0.15) is 0 Å². The van der Waals surface area contributed by atoms with Gasteiger partial charge in [-0.05, 0) is 59.7 Å². The summed E-state index contributed by atoms with van der Waals surface area (Å²) >= 11 is 0. The maximum atomic E-state index is 12.5. The number of carbonyl (C=O) groups excluding carboxylic acids is 3. The third-order valence-corrected chi connectivity index (χ3v) is 4.32. The molecule has 3 amide bonds. The molecule has 6 nitrogen and oxygen atoms in total. The molecule has 0 atom stereocenters. The highest BCUT2D eigenvalue weighted by Gasteiger charge is 2.08. The fourth-order valence-electron chi connectivity index (χ4n) is 2.82. The van der Waals surface area contributed by atoms with Crippen LogP contribution < -0.4 is 16.0 Å². The Bertz CT molecular complexity index is 1020. The van der Waals surface area contributed by atoms with Gasteiger partial charge in [0.2, 0.25) is 5.91 Å². The predicted octanol–water partition coefficient (Wildman–Crippen LogP) is 3.92. The van der Waals surface area contributed by atoms with Crippen LogP contribution in [0.25, 0.3) is 11.1 Å². The number of anilines is 2. The van der Waals surface area contributed by atoms with Crippen molar-refractivity contribution in [2.45, 2.75) is 6.92 Å². The molecule has 0 radical (unpaired) electrons. The molecule has 3 N–H and O–H groups in total. The lowest BCUT2D eigenvalue weighted by molar-refractivity contribution is -0.114. The summed E-state index contributed by atoms with van der Waals surface area (Å²) in [4.78, 5) is 35.1. The molecule has 0 aliphatic rings. The van der Waals surface area contributed by atoms with E-state index in [1.54, 1.807) is 55.6 Å². The van der Waals surface area contributed by atoms with Crippen LogP contribution in [0.5, 0.6) is 0 Å². The van der Waals surface area contributed by atoms with E-state index in [1.807, 2.05) is 24.3 Å². The summed E-state index contributed by atoms with van der Waals surface area (Å²) in [5, 5.41) is 8.10. The van der Waals surface area contributed by atoms with Crippen LogP contribution in [0.4, 0.5) is 11.4 Å². The van der Waals surface area contributed by atoms with E-state index in [-0.39, 0.29) is 17.7 Å². The van der Waals surface area contributed by atoms with Gasteiger partial charge < -0.3 is 16.0 Å². The van der Waals surface area contributed by atoms with E-state index in [0.717, 1.165) is 11.1 Å². The lowest BCUT2D eigenvalue weighted by Crippen LogP contribution is -2.17. The highest BCUT2D eigenvalue weighted by molar-refractivity contribution is 6.04. The minimum absolute atomic E-state index is 0.131. The molecule has 0 bridgehead atoms. The van der Waals surface area contributed by atoms with Crippen molar-refractivity contribution in [2.24, 2.45) is 0 Å². The zero-order chi connectivity index (χ0) is 20.8. The summed E-state index contributed by atoms with van der Waals surface area (Å²) in [7, 11) is 1.59. The molecule has 0 saturated heterocycles. The number of amides is 3. The topological polar surface area (TPSA) is 87.3 Å². The first-order chi connectivity index (χ1) is 14.0. The Morgan fingerprint density at radius 2 is 1.00 bits per heavy atom. The smallest absolute Gasteiger partial charge is 0.255 e. The van der Waals surface area contributed by atoms with Gasteiger partial charge in [0.1, 0.15) is 0 Å². The van der Waals surface area contributed by atoms with Gasteiger partial charge in [-0.25, -0.2) is 0 Å². The molecule has 0 aliphatic heterocycles. The highest BCUT2D eigenvalue weighted by atomic mass is 16.2. The van der Waals surface area contributed by atoms with Gasteiger partial charge in [0.05, 0.1) is 0 Å². The quantitative estimate of drug-likeness (QED) is 0.620. The zero-order valence-electron chi connectivity index (χ0n) is 16.2. The van der Waals surface area contributed by atoms with Gasteiger partial charge in [-0.3, -0.25) is 14.4 Å². The van der Waals surface area contributed by atoms with Crippen molar-refractivity contribution >= 4 is 29.1 Å². The van der Waals surface area contributed by atoms with Crippen LogP contribution in [0.15, 0.2) is 72.8 Å². The van der Waals surface area contributed by atoms with E-state index < -0.39 is 0 Å². The maximum Gasteiger partial charge on any atom is 0.255 e. The van der Waals surface area contributed by atoms with Gasteiger partial charge >= 0.3 is 0 Å². The molecule has 0 saturated carbocycles. The standard InChI is InChI=1S/C23H21N3O3/c1-15(27)25-20-11-13-21(14-12-20)26-23(29)19-9-5-17(6-10-19)16-3-7-18(8-4-16)22(28)24-2/h3-14H,1-2H3,(H,24,28)(H,25,27)(H,26,29). The van der Waals surface area contributed by atoms with E-state index in [1.165, 1.54) is 6.92 Å². The molecule has 0 heterocycles. The number of hydrogen-bond donors (Lipinski definition) is 3. The predicted molar refractivity (Wildman–Crippen MR) is 114 cm³/mol. The van der Waals surface area contributed by atoms with E-state index >= 15 is 0 Å². The molecule has 0 unspecified atom stereocenters. The van der Waals surface area contributed by atoms with Crippen molar-refractivity contribution in [3.05, 3.63) is 83.9 Å². The molecule has 0 fully saturated rings. The SMILES string of the molecule is CNC(=O)c1ccc(-c2ccc(C(=O)Nc3ccc(NC(C)=O)cc3)cc2)cc1. The minimum atomic E-state index is -0.223. The maximum absolute atomic E-state index is 12.5. The second-order valence-electron chi connectivity index (χ2n) is 6.45. The summed E-state index contributed by atoms with van der Waals surface area (Å²) in [6.45, 7) is 1.44. The Labute approximate surface area is 169 Å². The number of nitrogens with one attached hydrogen (secondary N) is 3. The first-order valence-electron chi connectivity index (χ1n) is 9.08. The molecule has 3 aromatic carbocycles. The van der Waals surface area contributed by atoms with E-state index in [0.29, 0.717) is 22.5 Å². The molecule has 29 heavy (non-hydrogen) atoms. The van der Waals surface area contributed by atoms with Gasteiger partial charge in [-0.15, -0.1) is 0 Å². The Morgan fingerprint density at radius 1 is 0.586 bits per heavy atom. The summed E-state index contributed by atoms with van der Waals surface area (Å²) in [5.41, 5.74) is 4.33. The van der Waals surface area contributed by atoms with E-state index in [4.69, 9.17) is 0 Å². The molecule has 0 aliphatic carbocycles. The van der Waals surface area contributed by atoms with Gasteiger partial charge in [0, 0.05) is 36.5 Å². The lowest BCUT2D eigenvalue weighted by Gasteiger charge is -2.08. The number of carbonyl (C=O) groups is 3. The van der Waals surface area contributed by atoms with E-state index in [2.05, 4.69) is 16.0 Å². The molecule has 0 spiro atoms. The monoisotopic (exact) mass is 387 g/mol. The van der Waals surface area contributed by atoms with Crippen LogP contribution >= 0.6 is 0 Å². The van der Waals surface area contributed by atoms with Crippen LogP contribution in [0.2, 0.25) is 0 Å². The van der Waals surface area contributed by atoms with Crippen LogP contribution in [0.1, 0.15) is 27.6 Å². The van der Waals surface area contributed by atoms with Crippen molar-refractivity contribution < 1.29 is 14.4 Å². The lowest BCUT2D eigenvalue weighted by atomic mass is 10.0. The van der Waals surface area contributed by atoms with Crippen molar-refractivity contribution in [1.29, 1.82) is 0 Å². The van der Waals surface area contributed by atoms with Gasteiger partial charge in [-0.1, -0.05) is 24.3 Å². The average Bonchev–Trinajstić information content (AvgIpc) is 2.74. The minimum Gasteiger partial charge on any atom is -0.355 e. The Morgan fingerprint density at radius 3 is 1.41 bits per heavy atom. The largest absolute Gasteiger partial charge is 0.355 e. The normalized spacial score (nSPS) is 10.1. The molecular weight excluding hydrogens is 366 g/mol. The van der Waals surface area contributed by atoms with Crippen molar-refractivity contribution in [3.63, 3.8) is 0 Å². The first-order valence-corrected chi connectivity index (χ1v) is 9.08. The fraction of sp³-hybridized carbons (Fsp3) is 0.0870. The second-order valence-corrected chi connectivity index (χ2v) is 6.45. The number of benzene rings is 3. The summed E-state index contributed by atoms with van der Waals surface area (Å²) < 4.78 is 0. The highest BCUT2D eigenvalue weighted by Crippen LogP contribution is 2.21. The van der Waals surface area contributed by atoms with Crippen LogP contribution in [0.3, 0.4) is 0 Å². The molecule has 3 aromatic rings. The Hall–Kier alpha value is -3.93. The van der Waals surface area contributed by atoms with E-state index in [9.17, 15) is 14.4 Å². The third kappa shape index (κ3) is 5.07. The molecule has 6 heteroatoms. The first kappa shape index (κ1) is 19.8. The zero-order valence-corrected chi connectivity index (χ0v) is 16.2. The second kappa shape index (κ2) is 8.84. The summed E-state index contributed by atoms with van der Waals surface area (Å²) in [6.07, 6.45) is 0. The molecule has 0 aromatic heterocycles. The van der Waals surface area contributed by atoms with Gasteiger partial charge in [0.25, 0.3) is 11.8 Å². The van der Waals surface area contributed by atoms with Crippen molar-refractivity contribution in [3.8, 4) is 11.1 Å². The number of hydrogen-bond acceptors (Lipinski definition) is 3. The third-order valence-electron chi connectivity index (χ3n) is 4.32. The number of rotatable bonds is 5. The van der Waals surface area contributed by atoms with Crippen molar-refractivity contribution in [2.75, 3.05) is 17.7 Å². The Balaban J connectivity index is 1.67. The fourth-order valence-corrected chi connectivity index (χ4v) is 2.82. The summed E-state index contributed by atoms with van der Waals surface area (Å²) in [5.74, 6) is -0.502. The molecule has 146 valence electrons. The Kier molecular flexibility index (Phi) is 6.04. The molecule has 3 rings (SSSR count). The summed E-state index contributed by atoms with van der Waals surface area (Å²) in [6, 6.07) is 21.4. The average molecular weight is 387 g/mol. The van der Waals surface area contributed by atoms with Crippen LogP contribution in [0, 0.1) is 0 Å². The molecular formula is C23H21N3O3.